The van der Waals surface area contributed by atoms with Crippen molar-refractivity contribution in [3.63, 3.8) is 0 Å². The van der Waals surface area contributed by atoms with Gasteiger partial charge in [-0.1, -0.05) is 75.3 Å². The monoisotopic (exact) mass is 513 g/mol. The molecule has 0 unspecified atom stereocenters. The smallest absolute Gasteiger partial charge is 0.265 e. The second-order valence-corrected chi connectivity index (χ2v) is 11.3. The zero-order valence-corrected chi connectivity index (χ0v) is 22.7. The molecule has 0 aliphatic carbocycles. The number of carbonyl (C=O) groups is 2. The Morgan fingerprint density at radius 3 is 2.49 bits per heavy atom. The molecule has 3 rings (SSSR count). The summed E-state index contributed by atoms with van der Waals surface area (Å²) in [4.78, 5) is 31.7. The SMILES string of the molecule is CC(C)CN(CCCNC(=O)CN1C(=O)/C(=C/c2cccc(Cl)c2)Sc2ccccc21)CC(C)C. The lowest BCUT2D eigenvalue weighted by atomic mass is 10.1. The highest BCUT2D eigenvalue weighted by Crippen LogP contribution is 2.42. The van der Waals surface area contributed by atoms with Gasteiger partial charge in [0.15, 0.2) is 0 Å². The minimum Gasteiger partial charge on any atom is -0.355 e. The van der Waals surface area contributed by atoms with E-state index in [1.807, 2.05) is 48.5 Å². The van der Waals surface area contributed by atoms with Crippen LogP contribution in [0.25, 0.3) is 6.08 Å². The molecule has 1 aliphatic rings. The van der Waals surface area contributed by atoms with Crippen LogP contribution in [0.4, 0.5) is 5.69 Å². The Balaban J connectivity index is 1.63. The Morgan fingerprint density at radius 2 is 1.80 bits per heavy atom. The third-order valence-electron chi connectivity index (χ3n) is 5.50. The number of hydrogen-bond acceptors (Lipinski definition) is 4. The van der Waals surface area contributed by atoms with Gasteiger partial charge in [0.05, 0.1) is 10.6 Å². The quantitative estimate of drug-likeness (QED) is 0.298. The van der Waals surface area contributed by atoms with E-state index in [2.05, 4.69) is 37.9 Å². The van der Waals surface area contributed by atoms with E-state index >= 15 is 0 Å². The molecule has 0 bridgehead atoms. The fourth-order valence-electron chi connectivity index (χ4n) is 4.19. The highest BCUT2D eigenvalue weighted by Gasteiger charge is 2.30. The number of benzene rings is 2. The zero-order chi connectivity index (χ0) is 25.4. The van der Waals surface area contributed by atoms with Gasteiger partial charge in [-0.15, -0.1) is 0 Å². The maximum atomic E-state index is 13.4. The standard InChI is InChI=1S/C28H36ClN3O2S/c1-20(2)17-31(18-21(3)4)14-8-13-30-27(33)19-32-24-11-5-6-12-25(24)35-26(28(32)34)16-22-9-7-10-23(29)15-22/h5-7,9-12,15-16,20-21H,8,13-14,17-19H2,1-4H3,(H,30,33)/b26-16-. The molecule has 2 aromatic carbocycles. The average molecular weight is 514 g/mol. The van der Waals surface area contributed by atoms with Crippen molar-refractivity contribution in [1.29, 1.82) is 0 Å². The molecule has 1 aliphatic heterocycles. The summed E-state index contributed by atoms with van der Waals surface area (Å²) in [7, 11) is 0. The number of fused-ring (bicyclic) bond motifs is 1. The Morgan fingerprint density at radius 1 is 1.09 bits per heavy atom. The molecule has 1 heterocycles. The Hall–Kier alpha value is -2.28. The fourth-order valence-corrected chi connectivity index (χ4v) is 5.44. The zero-order valence-electron chi connectivity index (χ0n) is 21.1. The van der Waals surface area contributed by atoms with Crippen LogP contribution in [0.3, 0.4) is 0 Å². The minimum atomic E-state index is -0.177. The number of nitrogens with one attached hydrogen (secondary N) is 1. The van der Waals surface area contributed by atoms with E-state index < -0.39 is 0 Å². The Labute approximate surface area is 218 Å². The molecule has 35 heavy (non-hydrogen) atoms. The molecule has 1 N–H and O–H groups in total. The van der Waals surface area contributed by atoms with Gasteiger partial charge in [-0.2, -0.15) is 0 Å². The second kappa shape index (κ2) is 13.1. The lowest BCUT2D eigenvalue weighted by Crippen LogP contribution is -2.43. The summed E-state index contributed by atoms with van der Waals surface area (Å²) in [6, 6.07) is 15.1. The molecule has 0 fully saturated rings. The number of rotatable bonds is 11. The molecule has 0 saturated carbocycles. The van der Waals surface area contributed by atoms with Crippen molar-refractivity contribution in [2.45, 2.75) is 39.0 Å². The molecule has 0 saturated heterocycles. The van der Waals surface area contributed by atoms with E-state index in [9.17, 15) is 9.59 Å². The first-order chi connectivity index (χ1) is 16.7. The van der Waals surface area contributed by atoms with E-state index in [1.165, 1.54) is 11.8 Å². The largest absolute Gasteiger partial charge is 0.355 e. The minimum absolute atomic E-state index is 0.00893. The number of nitrogens with zero attached hydrogens (tertiary/aromatic N) is 2. The van der Waals surface area contributed by atoms with Crippen LogP contribution >= 0.6 is 23.4 Å². The molecular formula is C28H36ClN3O2S. The highest BCUT2D eigenvalue weighted by atomic mass is 35.5. The van der Waals surface area contributed by atoms with Gasteiger partial charge in [0.1, 0.15) is 6.54 Å². The van der Waals surface area contributed by atoms with Gasteiger partial charge in [-0.25, -0.2) is 0 Å². The third-order valence-corrected chi connectivity index (χ3v) is 6.81. The van der Waals surface area contributed by atoms with Gasteiger partial charge < -0.3 is 10.2 Å². The molecule has 188 valence electrons. The lowest BCUT2D eigenvalue weighted by Gasteiger charge is -2.30. The Bertz CT molecular complexity index is 1040. The maximum Gasteiger partial charge on any atom is 0.265 e. The first-order valence-corrected chi connectivity index (χ1v) is 13.5. The van der Waals surface area contributed by atoms with Crippen molar-refractivity contribution in [1.82, 2.24) is 10.2 Å². The van der Waals surface area contributed by atoms with Gasteiger partial charge >= 0.3 is 0 Å². The van der Waals surface area contributed by atoms with Crippen LogP contribution in [-0.4, -0.2) is 49.4 Å². The molecule has 0 aromatic heterocycles. The predicted octanol–water partition coefficient (Wildman–Crippen LogP) is 5.94. The molecule has 0 atom stereocenters. The van der Waals surface area contributed by atoms with Crippen molar-refractivity contribution in [3.05, 3.63) is 64.0 Å². The first-order valence-electron chi connectivity index (χ1n) is 12.3. The van der Waals surface area contributed by atoms with Crippen LogP contribution in [0.2, 0.25) is 5.02 Å². The first kappa shape index (κ1) is 27.3. The van der Waals surface area contributed by atoms with E-state index in [4.69, 9.17) is 11.6 Å². The van der Waals surface area contributed by atoms with Crippen molar-refractivity contribution in [2.24, 2.45) is 11.8 Å². The van der Waals surface area contributed by atoms with Gasteiger partial charge in [-0.3, -0.25) is 14.5 Å². The summed E-state index contributed by atoms with van der Waals surface area (Å²) in [5.41, 5.74) is 1.62. The number of anilines is 1. The molecular weight excluding hydrogens is 478 g/mol. The van der Waals surface area contributed by atoms with E-state index in [-0.39, 0.29) is 18.4 Å². The lowest BCUT2D eigenvalue weighted by molar-refractivity contribution is -0.122. The fraction of sp³-hybridized carbons (Fsp3) is 0.429. The summed E-state index contributed by atoms with van der Waals surface area (Å²) in [5, 5.41) is 3.63. The van der Waals surface area contributed by atoms with Gasteiger partial charge in [0, 0.05) is 29.6 Å². The maximum absolute atomic E-state index is 13.4. The summed E-state index contributed by atoms with van der Waals surface area (Å²) < 4.78 is 0. The number of carbonyl (C=O) groups excluding carboxylic acids is 2. The van der Waals surface area contributed by atoms with Crippen LogP contribution in [0.5, 0.6) is 0 Å². The van der Waals surface area contributed by atoms with Crippen molar-refractivity contribution >= 4 is 46.9 Å². The average Bonchev–Trinajstić information content (AvgIpc) is 2.78. The van der Waals surface area contributed by atoms with E-state index in [0.717, 1.165) is 42.2 Å². The van der Waals surface area contributed by atoms with Gasteiger partial charge in [0.2, 0.25) is 5.91 Å². The number of amides is 2. The molecule has 2 amide bonds. The third kappa shape index (κ3) is 8.41. The van der Waals surface area contributed by atoms with Gasteiger partial charge in [-0.05, 0) is 60.7 Å². The van der Waals surface area contributed by atoms with Gasteiger partial charge in [0.25, 0.3) is 5.91 Å². The van der Waals surface area contributed by atoms with Crippen LogP contribution in [0.1, 0.15) is 39.7 Å². The number of hydrogen-bond donors (Lipinski definition) is 1. The van der Waals surface area contributed by atoms with Crippen LogP contribution in [0.15, 0.2) is 58.3 Å². The van der Waals surface area contributed by atoms with Crippen LogP contribution in [-0.2, 0) is 9.59 Å². The molecule has 5 nitrogen and oxygen atoms in total. The van der Waals surface area contributed by atoms with Crippen molar-refractivity contribution in [3.8, 4) is 0 Å². The molecule has 2 aromatic rings. The van der Waals surface area contributed by atoms with Crippen LogP contribution in [0, 0.1) is 11.8 Å². The number of para-hydroxylation sites is 1. The van der Waals surface area contributed by atoms with Crippen molar-refractivity contribution < 1.29 is 9.59 Å². The summed E-state index contributed by atoms with van der Waals surface area (Å²) in [6.07, 6.45) is 2.71. The molecule has 0 spiro atoms. The van der Waals surface area contributed by atoms with E-state index in [0.29, 0.717) is 28.3 Å². The predicted molar refractivity (Wildman–Crippen MR) is 148 cm³/mol. The summed E-state index contributed by atoms with van der Waals surface area (Å²) in [6.45, 7) is 12.6. The normalized spacial score (nSPS) is 14.8. The van der Waals surface area contributed by atoms with E-state index in [1.54, 1.807) is 11.0 Å². The van der Waals surface area contributed by atoms with Crippen molar-refractivity contribution in [2.75, 3.05) is 37.6 Å². The molecule has 7 heteroatoms. The number of halogens is 1. The Kier molecular flexibility index (Phi) is 10.3. The second-order valence-electron chi connectivity index (χ2n) is 9.78. The highest BCUT2D eigenvalue weighted by molar-refractivity contribution is 8.04. The summed E-state index contributed by atoms with van der Waals surface area (Å²) >= 11 is 7.54. The topological polar surface area (TPSA) is 52.7 Å². The van der Waals surface area contributed by atoms with Crippen LogP contribution < -0.4 is 10.2 Å². The number of thioether (sulfide) groups is 1. The summed E-state index contributed by atoms with van der Waals surface area (Å²) in [5.74, 6) is 0.895. The molecule has 0 radical (unpaired) electrons.